The van der Waals surface area contributed by atoms with Gasteiger partial charge in [0.2, 0.25) is 5.91 Å². The Morgan fingerprint density at radius 2 is 1.82 bits per heavy atom. The van der Waals surface area contributed by atoms with E-state index >= 15 is 0 Å². The van der Waals surface area contributed by atoms with E-state index in [9.17, 15) is 9.90 Å². The molecule has 1 saturated carbocycles. The van der Waals surface area contributed by atoms with Crippen molar-refractivity contribution in [3.63, 3.8) is 0 Å². The number of hydrogen-bond donors (Lipinski definition) is 3. The van der Waals surface area contributed by atoms with Crippen LogP contribution in [0.1, 0.15) is 45.4 Å². The molecule has 2 fully saturated rings. The quantitative estimate of drug-likeness (QED) is 0.684. The van der Waals surface area contributed by atoms with Crippen molar-refractivity contribution >= 4 is 5.91 Å². The highest BCUT2D eigenvalue weighted by molar-refractivity contribution is 5.83. The van der Waals surface area contributed by atoms with Gasteiger partial charge in [0.25, 0.3) is 0 Å². The third kappa shape index (κ3) is 2.63. The molecule has 0 unspecified atom stereocenters. The summed E-state index contributed by atoms with van der Waals surface area (Å²) in [6.45, 7) is 3.95. The lowest BCUT2D eigenvalue weighted by Gasteiger charge is -2.37. The molecule has 2 aliphatic rings. The lowest BCUT2D eigenvalue weighted by molar-refractivity contribution is -0.134. The molecule has 1 heterocycles. The van der Waals surface area contributed by atoms with Gasteiger partial charge in [0.05, 0.1) is 12.1 Å². The van der Waals surface area contributed by atoms with Crippen LogP contribution in [0.4, 0.5) is 0 Å². The van der Waals surface area contributed by atoms with Crippen LogP contribution in [-0.4, -0.2) is 36.2 Å². The average Bonchev–Trinajstić information content (AvgIpc) is 2.79. The smallest absolute Gasteiger partial charge is 0.226 e. The molecule has 1 aliphatic heterocycles. The zero-order chi connectivity index (χ0) is 12.4. The van der Waals surface area contributed by atoms with Gasteiger partial charge in [-0.3, -0.25) is 4.79 Å². The molecule has 0 bridgehead atoms. The van der Waals surface area contributed by atoms with E-state index in [-0.39, 0.29) is 23.5 Å². The first-order valence-corrected chi connectivity index (χ1v) is 6.75. The van der Waals surface area contributed by atoms with Gasteiger partial charge in [-0.05, 0) is 38.8 Å². The van der Waals surface area contributed by atoms with Crippen molar-refractivity contribution in [1.82, 2.24) is 10.6 Å². The summed E-state index contributed by atoms with van der Waals surface area (Å²) in [6, 6.07) is 0. The van der Waals surface area contributed by atoms with Crippen molar-refractivity contribution in [3.8, 4) is 0 Å². The van der Waals surface area contributed by atoms with Gasteiger partial charge in [0.15, 0.2) is 0 Å². The predicted molar refractivity (Wildman–Crippen MR) is 66.6 cm³/mol. The summed E-state index contributed by atoms with van der Waals surface area (Å²) in [6.07, 6.45) is 5.84. The van der Waals surface area contributed by atoms with Crippen molar-refractivity contribution < 1.29 is 9.90 Å². The number of piperidine rings is 1. The molecule has 1 amide bonds. The predicted octanol–water partition coefficient (Wildman–Crippen LogP) is 0.797. The van der Waals surface area contributed by atoms with Gasteiger partial charge in [0, 0.05) is 5.41 Å². The van der Waals surface area contributed by atoms with E-state index in [1.165, 1.54) is 0 Å². The molecule has 2 rings (SSSR count). The Balaban J connectivity index is 1.99. The fourth-order valence-electron chi connectivity index (χ4n) is 2.97. The second-order valence-corrected chi connectivity index (χ2v) is 5.91. The van der Waals surface area contributed by atoms with Gasteiger partial charge >= 0.3 is 0 Å². The van der Waals surface area contributed by atoms with Gasteiger partial charge in [-0.25, -0.2) is 0 Å². The number of carbonyl (C=O) groups excluding carboxylic acids is 1. The molecule has 4 heteroatoms. The molecule has 0 spiro atoms. The number of carbonyl (C=O) groups is 1. The Morgan fingerprint density at radius 1 is 1.24 bits per heavy atom. The number of nitrogens with one attached hydrogen (secondary N) is 2. The molecule has 0 aromatic carbocycles. The third-order valence-corrected chi connectivity index (χ3v) is 4.50. The van der Waals surface area contributed by atoms with Gasteiger partial charge < -0.3 is 15.7 Å². The van der Waals surface area contributed by atoms with Crippen molar-refractivity contribution in [2.45, 2.75) is 51.0 Å². The lowest BCUT2D eigenvalue weighted by Crippen LogP contribution is -2.55. The summed E-state index contributed by atoms with van der Waals surface area (Å²) in [4.78, 5) is 12.4. The van der Waals surface area contributed by atoms with Crippen LogP contribution in [0.15, 0.2) is 0 Å². The molecular formula is C13H24N2O2. The first-order valence-electron chi connectivity index (χ1n) is 6.75. The van der Waals surface area contributed by atoms with Crippen LogP contribution in [0, 0.1) is 5.41 Å². The Kier molecular flexibility index (Phi) is 3.73. The molecule has 1 saturated heterocycles. The second kappa shape index (κ2) is 4.94. The van der Waals surface area contributed by atoms with E-state index in [4.69, 9.17) is 0 Å². The topological polar surface area (TPSA) is 61.4 Å². The van der Waals surface area contributed by atoms with E-state index in [0.717, 1.165) is 51.6 Å². The highest BCUT2D eigenvalue weighted by Crippen LogP contribution is 2.33. The number of amides is 1. The van der Waals surface area contributed by atoms with Gasteiger partial charge in [-0.1, -0.05) is 19.8 Å². The van der Waals surface area contributed by atoms with E-state index in [0.29, 0.717) is 0 Å². The van der Waals surface area contributed by atoms with Crippen LogP contribution in [0.5, 0.6) is 0 Å². The molecule has 3 N–H and O–H groups in total. The maximum atomic E-state index is 12.4. The molecule has 98 valence electrons. The summed E-state index contributed by atoms with van der Waals surface area (Å²) in [5, 5.41) is 15.9. The third-order valence-electron chi connectivity index (χ3n) is 4.50. The van der Waals surface area contributed by atoms with Crippen LogP contribution in [0.3, 0.4) is 0 Å². The summed E-state index contributed by atoms with van der Waals surface area (Å²) in [5.41, 5.74) is -0.582. The minimum atomic E-state index is -0.328. The number of hydrogen-bond acceptors (Lipinski definition) is 3. The van der Waals surface area contributed by atoms with Gasteiger partial charge in [-0.15, -0.1) is 0 Å². The van der Waals surface area contributed by atoms with Crippen molar-refractivity contribution in [2.75, 3.05) is 19.7 Å². The second-order valence-electron chi connectivity index (χ2n) is 5.91. The molecular weight excluding hydrogens is 216 g/mol. The maximum Gasteiger partial charge on any atom is 0.226 e. The zero-order valence-corrected chi connectivity index (χ0v) is 10.7. The monoisotopic (exact) mass is 240 g/mol. The number of rotatable bonds is 3. The van der Waals surface area contributed by atoms with Crippen LogP contribution >= 0.6 is 0 Å². The summed E-state index contributed by atoms with van der Waals surface area (Å²) >= 11 is 0. The summed E-state index contributed by atoms with van der Waals surface area (Å²) in [5.74, 6) is 0.134. The van der Waals surface area contributed by atoms with Crippen molar-refractivity contribution in [3.05, 3.63) is 0 Å². The molecule has 0 aromatic heterocycles. The molecule has 4 nitrogen and oxygen atoms in total. The van der Waals surface area contributed by atoms with E-state index in [1.54, 1.807) is 0 Å². The lowest BCUT2D eigenvalue weighted by atomic mass is 9.79. The largest absolute Gasteiger partial charge is 0.394 e. The first-order chi connectivity index (χ1) is 8.10. The Bertz CT molecular complexity index is 279. The summed E-state index contributed by atoms with van der Waals surface area (Å²) < 4.78 is 0. The fraction of sp³-hybridized carbons (Fsp3) is 0.923. The van der Waals surface area contributed by atoms with E-state index in [1.807, 2.05) is 6.92 Å². The van der Waals surface area contributed by atoms with Gasteiger partial charge in [0.1, 0.15) is 0 Å². The SMILES string of the molecule is CC1(C(=O)NC2(CO)CCCC2)CCNCC1. The van der Waals surface area contributed by atoms with Crippen molar-refractivity contribution in [2.24, 2.45) is 5.41 Å². The number of aliphatic hydroxyl groups is 1. The molecule has 0 aromatic rings. The standard InChI is InChI=1S/C13H24N2O2/c1-12(6-8-14-9-7-12)11(17)15-13(10-16)4-2-3-5-13/h14,16H,2-10H2,1H3,(H,15,17). The summed E-state index contributed by atoms with van der Waals surface area (Å²) in [7, 11) is 0. The highest BCUT2D eigenvalue weighted by Gasteiger charge is 2.41. The van der Waals surface area contributed by atoms with Crippen LogP contribution in [0.25, 0.3) is 0 Å². The normalized spacial score (nSPS) is 26.7. The highest BCUT2D eigenvalue weighted by atomic mass is 16.3. The van der Waals surface area contributed by atoms with E-state index < -0.39 is 0 Å². The fourth-order valence-corrected chi connectivity index (χ4v) is 2.97. The van der Waals surface area contributed by atoms with Crippen LogP contribution in [-0.2, 0) is 4.79 Å². The number of aliphatic hydroxyl groups excluding tert-OH is 1. The average molecular weight is 240 g/mol. The van der Waals surface area contributed by atoms with Crippen LogP contribution in [0.2, 0.25) is 0 Å². The maximum absolute atomic E-state index is 12.4. The molecule has 1 aliphatic carbocycles. The Morgan fingerprint density at radius 3 is 2.35 bits per heavy atom. The Labute approximate surface area is 103 Å². The Hall–Kier alpha value is -0.610. The minimum Gasteiger partial charge on any atom is -0.394 e. The molecule has 17 heavy (non-hydrogen) atoms. The zero-order valence-electron chi connectivity index (χ0n) is 10.7. The van der Waals surface area contributed by atoms with Gasteiger partial charge in [-0.2, -0.15) is 0 Å². The molecule has 0 atom stereocenters. The minimum absolute atomic E-state index is 0.0765. The van der Waals surface area contributed by atoms with E-state index in [2.05, 4.69) is 10.6 Å². The first kappa shape index (κ1) is 12.8. The van der Waals surface area contributed by atoms with Crippen LogP contribution < -0.4 is 10.6 Å². The van der Waals surface area contributed by atoms with Crippen molar-refractivity contribution in [1.29, 1.82) is 0 Å². The molecule has 0 radical (unpaired) electrons.